The van der Waals surface area contributed by atoms with Gasteiger partial charge in [0.2, 0.25) is 0 Å². The van der Waals surface area contributed by atoms with Crippen molar-refractivity contribution in [3.63, 3.8) is 0 Å². The molecule has 0 saturated heterocycles. The zero-order valence-corrected chi connectivity index (χ0v) is 21.8. The fourth-order valence-corrected chi connectivity index (χ4v) is 6.47. The van der Waals surface area contributed by atoms with E-state index in [-0.39, 0.29) is 0 Å². The molecule has 4 nitrogen and oxygen atoms in total. The maximum atomic E-state index is 10.1. The Labute approximate surface area is 233 Å². The van der Waals surface area contributed by atoms with Crippen molar-refractivity contribution in [1.82, 2.24) is 4.57 Å². The van der Waals surface area contributed by atoms with Crippen LogP contribution >= 0.6 is 0 Å². The predicted octanol–water partition coefficient (Wildman–Crippen LogP) is 10.1. The highest BCUT2D eigenvalue weighted by atomic mass is 16.3. The lowest BCUT2D eigenvalue weighted by Gasteiger charge is -2.08. The van der Waals surface area contributed by atoms with Crippen molar-refractivity contribution in [2.75, 3.05) is 0 Å². The molecule has 4 heteroatoms. The summed E-state index contributed by atoms with van der Waals surface area (Å²) in [7, 11) is 0. The van der Waals surface area contributed by atoms with Crippen LogP contribution in [0.4, 0.5) is 0 Å². The van der Waals surface area contributed by atoms with Crippen LogP contribution in [0.25, 0.3) is 82.5 Å². The number of benzene rings is 6. The molecule has 0 unspecified atom stereocenters. The van der Waals surface area contributed by atoms with Gasteiger partial charge in [0.05, 0.1) is 22.3 Å². The second kappa shape index (κ2) is 8.11. The number of rotatable bonds is 2. The molecule has 41 heavy (non-hydrogen) atoms. The lowest BCUT2D eigenvalue weighted by molar-refractivity contribution is 0.665. The van der Waals surface area contributed by atoms with Gasteiger partial charge in [-0.1, -0.05) is 78.9 Å². The molecule has 9 rings (SSSR count). The second-order valence-electron chi connectivity index (χ2n) is 10.4. The normalized spacial score (nSPS) is 11.9. The molecule has 3 heterocycles. The first-order valence-electron chi connectivity index (χ1n) is 13.6. The van der Waals surface area contributed by atoms with Gasteiger partial charge in [0.1, 0.15) is 17.2 Å². The highest BCUT2D eigenvalue weighted by Gasteiger charge is 2.21. The zero-order chi connectivity index (χ0) is 27.1. The molecular formula is C37H20N2O2. The first-order valence-corrected chi connectivity index (χ1v) is 13.6. The quantitative estimate of drug-likeness (QED) is 0.226. The molecule has 0 N–H and O–H groups in total. The van der Waals surface area contributed by atoms with Gasteiger partial charge in [-0.2, -0.15) is 5.26 Å². The van der Waals surface area contributed by atoms with Crippen molar-refractivity contribution in [1.29, 1.82) is 5.26 Å². The van der Waals surface area contributed by atoms with Crippen molar-refractivity contribution >= 4 is 65.7 Å². The average Bonchev–Trinajstić information content (AvgIpc) is 3.70. The van der Waals surface area contributed by atoms with E-state index in [1.165, 1.54) is 10.8 Å². The average molecular weight is 525 g/mol. The summed E-state index contributed by atoms with van der Waals surface area (Å²) >= 11 is 0. The Morgan fingerprint density at radius 3 is 2.00 bits per heavy atom. The maximum absolute atomic E-state index is 10.1. The minimum absolute atomic E-state index is 0.517. The Kier molecular flexibility index (Phi) is 4.37. The molecule has 3 aromatic heterocycles. The molecule has 0 aliphatic carbocycles. The number of nitriles is 1. The topological polar surface area (TPSA) is 55.0 Å². The highest BCUT2D eigenvalue weighted by molar-refractivity contribution is 6.18. The van der Waals surface area contributed by atoms with Crippen LogP contribution in [0.5, 0.6) is 0 Å². The van der Waals surface area contributed by atoms with E-state index in [1.54, 1.807) is 0 Å². The zero-order valence-electron chi connectivity index (χ0n) is 21.8. The molecule has 0 saturated carbocycles. The number of para-hydroxylation sites is 4. The number of fused-ring (bicyclic) bond motifs is 9. The van der Waals surface area contributed by atoms with Crippen molar-refractivity contribution in [2.24, 2.45) is 0 Å². The van der Waals surface area contributed by atoms with Crippen LogP contribution in [-0.2, 0) is 0 Å². The van der Waals surface area contributed by atoms with Crippen molar-refractivity contribution < 1.29 is 8.83 Å². The van der Waals surface area contributed by atoms with Gasteiger partial charge in [-0.3, -0.25) is 0 Å². The second-order valence-corrected chi connectivity index (χ2v) is 10.4. The van der Waals surface area contributed by atoms with Gasteiger partial charge in [0, 0.05) is 32.3 Å². The summed E-state index contributed by atoms with van der Waals surface area (Å²) in [6, 6.07) is 43.8. The van der Waals surface area contributed by atoms with Crippen LogP contribution in [0.1, 0.15) is 5.56 Å². The third kappa shape index (κ3) is 2.98. The molecule has 0 aliphatic heterocycles. The maximum Gasteiger partial charge on any atom is 0.159 e. The number of hydrogen-bond donors (Lipinski definition) is 0. The summed E-state index contributed by atoms with van der Waals surface area (Å²) in [5.74, 6) is 0. The standard InChI is InChI=1S/C37H20N2O2/c38-21-23-16-18-24(22-17-19-34-29(20-22)27-10-3-6-15-33(27)40-34)35-28-11-7-14-32(37(28)41-36(23)35)39-30-12-4-1-8-25(30)26-9-2-5-13-31(26)39/h1-20H. The van der Waals surface area contributed by atoms with Gasteiger partial charge in [-0.15, -0.1) is 0 Å². The summed E-state index contributed by atoms with van der Waals surface area (Å²) < 4.78 is 15.0. The predicted molar refractivity (Wildman–Crippen MR) is 165 cm³/mol. The van der Waals surface area contributed by atoms with Crippen LogP contribution in [0.3, 0.4) is 0 Å². The molecule has 0 amide bonds. The van der Waals surface area contributed by atoms with Gasteiger partial charge >= 0.3 is 0 Å². The Balaban J connectivity index is 1.38. The third-order valence-electron chi connectivity index (χ3n) is 8.25. The van der Waals surface area contributed by atoms with E-state index in [0.29, 0.717) is 11.1 Å². The lowest BCUT2D eigenvalue weighted by atomic mass is 9.96. The Bertz CT molecular complexity index is 2500. The lowest BCUT2D eigenvalue weighted by Crippen LogP contribution is -1.94. The molecule has 0 aliphatic rings. The monoisotopic (exact) mass is 524 g/mol. The minimum Gasteiger partial charge on any atom is -0.456 e. The molecular weight excluding hydrogens is 504 g/mol. The van der Waals surface area contributed by atoms with Crippen LogP contribution in [0.2, 0.25) is 0 Å². The van der Waals surface area contributed by atoms with E-state index >= 15 is 0 Å². The van der Waals surface area contributed by atoms with Crippen LogP contribution in [0.15, 0.2) is 130 Å². The van der Waals surface area contributed by atoms with Crippen LogP contribution in [0, 0.1) is 11.3 Å². The van der Waals surface area contributed by atoms with Gasteiger partial charge in [0.25, 0.3) is 0 Å². The van der Waals surface area contributed by atoms with Gasteiger partial charge in [-0.25, -0.2) is 0 Å². The highest BCUT2D eigenvalue weighted by Crippen LogP contribution is 2.43. The van der Waals surface area contributed by atoms with Crippen LogP contribution in [-0.4, -0.2) is 4.57 Å². The summed E-state index contributed by atoms with van der Waals surface area (Å²) in [6.07, 6.45) is 0. The SMILES string of the molecule is N#Cc1ccc(-c2ccc3oc4ccccc4c3c2)c2c1oc1c(-n3c4ccccc4c4ccccc43)cccc12. The summed E-state index contributed by atoms with van der Waals surface area (Å²) in [5, 5.41) is 16.5. The fourth-order valence-electron chi connectivity index (χ4n) is 6.47. The minimum atomic E-state index is 0.517. The number of furan rings is 2. The molecule has 0 bridgehead atoms. The molecule has 0 fully saturated rings. The molecule has 190 valence electrons. The van der Waals surface area contributed by atoms with E-state index in [9.17, 15) is 5.26 Å². The molecule has 0 radical (unpaired) electrons. The first kappa shape index (κ1) is 22.1. The van der Waals surface area contributed by atoms with E-state index < -0.39 is 0 Å². The summed E-state index contributed by atoms with van der Waals surface area (Å²) in [6.45, 7) is 0. The molecule has 0 atom stereocenters. The smallest absolute Gasteiger partial charge is 0.159 e. The van der Waals surface area contributed by atoms with Crippen LogP contribution < -0.4 is 0 Å². The third-order valence-corrected chi connectivity index (χ3v) is 8.25. The van der Waals surface area contributed by atoms with Gasteiger partial charge < -0.3 is 13.4 Å². The van der Waals surface area contributed by atoms with Gasteiger partial charge in [-0.05, 0) is 53.6 Å². The molecule has 9 aromatic rings. The largest absolute Gasteiger partial charge is 0.456 e. The van der Waals surface area contributed by atoms with E-state index in [2.05, 4.69) is 95.6 Å². The Hall–Kier alpha value is -5.79. The number of nitrogens with zero attached hydrogens (tertiary/aromatic N) is 2. The molecule has 6 aromatic carbocycles. The Morgan fingerprint density at radius 1 is 0.537 bits per heavy atom. The van der Waals surface area contributed by atoms with Gasteiger partial charge in [0.15, 0.2) is 11.2 Å². The van der Waals surface area contributed by atoms with E-state index in [1.807, 2.05) is 36.4 Å². The van der Waals surface area contributed by atoms with Crippen molar-refractivity contribution in [3.05, 3.63) is 127 Å². The summed E-state index contributed by atoms with van der Waals surface area (Å²) in [5.41, 5.74) is 8.83. The van der Waals surface area contributed by atoms with Crippen molar-refractivity contribution in [2.45, 2.75) is 0 Å². The van der Waals surface area contributed by atoms with E-state index in [0.717, 1.165) is 66.1 Å². The number of aromatic nitrogens is 1. The Morgan fingerprint density at radius 2 is 1.22 bits per heavy atom. The molecule has 0 spiro atoms. The van der Waals surface area contributed by atoms with Crippen molar-refractivity contribution in [3.8, 4) is 22.9 Å². The summed E-state index contributed by atoms with van der Waals surface area (Å²) in [4.78, 5) is 0. The first-order chi connectivity index (χ1) is 20.3. The van der Waals surface area contributed by atoms with E-state index in [4.69, 9.17) is 8.83 Å². The number of hydrogen-bond acceptors (Lipinski definition) is 3. The fraction of sp³-hybridized carbons (Fsp3) is 0.